The number of halogens is 1. The molecule has 0 spiro atoms. The Morgan fingerprint density at radius 2 is 1.97 bits per heavy atom. The summed E-state index contributed by atoms with van der Waals surface area (Å²) in [6.07, 6.45) is -0.423. The number of sulfone groups is 1. The third kappa shape index (κ3) is 6.78. The van der Waals surface area contributed by atoms with Crippen LogP contribution in [0.5, 0.6) is 5.75 Å². The molecule has 0 saturated carbocycles. The fraction of sp³-hybridized carbons (Fsp3) is 0.346. The maximum atomic E-state index is 13.2. The Balaban J connectivity index is 1.43. The molecule has 0 aliphatic carbocycles. The van der Waals surface area contributed by atoms with Gasteiger partial charge in [-0.3, -0.25) is 9.69 Å². The van der Waals surface area contributed by atoms with Gasteiger partial charge in [-0.2, -0.15) is 0 Å². The Morgan fingerprint density at radius 1 is 1.20 bits per heavy atom. The van der Waals surface area contributed by atoms with Crippen LogP contribution in [0.2, 0.25) is 0 Å². The average molecular weight is 502 g/mol. The highest BCUT2D eigenvalue weighted by atomic mass is 32.2. The standard InChI is InChI=1S/C26H28FNO6S/c1-18(29)20-3-2-4-24(13-20)33-16-23(30)14-28(22-11-12-35(31,32)17-22)15-25-9-10-26(34-25)19-5-7-21(27)8-6-19/h2-10,13,22-23,30H,11-12,14-17H2,1H3. The van der Waals surface area contributed by atoms with Crippen molar-refractivity contribution in [2.75, 3.05) is 24.7 Å². The Kier molecular flexibility index (Phi) is 7.69. The number of carbonyl (C=O) groups is 1. The van der Waals surface area contributed by atoms with Crippen molar-refractivity contribution in [2.24, 2.45) is 0 Å². The number of ketones is 1. The van der Waals surface area contributed by atoms with Crippen molar-refractivity contribution in [2.45, 2.75) is 32.0 Å². The molecule has 2 heterocycles. The lowest BCUT2D eigenvalue weighted by Crippen LogP contribution is -2.42. The summed E-state index contributed by atoms with van der Waals surface area (Å²) >= 11 is 0. The van der Waals surface area contributed by atoms with Gasteiger partial charge in [0.05, 0.1) is 18.1 Å². The molecule has 2 unspecified atom stereocenters. The molecule has 1 aromatic heterocycles. The first-order valence-electron chi connectivity index (χ1n) is 11.4. The highest BCUT2D eigenvalue weighted by molar-refractivity contribution is 7.91. The molecule has 4 rings (SSSR count). The van der Waals surface area contributed by atoms with E-state index in [0.29, 0.717) is 35.8 Å². The van der Waals surface area contributed by atoms with Crippen LogP contribution in [0.3, 0.4) is 0 Å². The predicted molar refractivity (Wildman–Crippen MR) is 130 cm³/mol. The van der Waals surface area contributed by atoms with Gasteiger partial charge >= 0.3 is 0 Å². The lowest BCUT2D eigenvalue weighted by Gasteiger charge is -2.29. The number of benzene rings is 2. The largest absolute Gasteiger partial charge is 0.491 e. The Labute approximate surface area is 204 Å². The summed E-state index contributed by atoms with van der Waals surface area (Å²) in [6.45, 7) is 1.94. The molecule has 0 bridgehead atoms. The van der Waals surface area contributed by atoms with Gasteiger partial charge in [0.15, 0.2) is 15.6 Å². The fourth-order valence-corrected chi connectivity index (χ4v) is 5.92. The smallest absolute Gasteiger partial charge is 0.159 e. The highest BCUT2D eigenvalue weighted by Gasteiger charge is 2.33. The normalized spacial score (nSPS) is 18.0. The molecule has 1 fully saturated rings. The number of rotatable bonds is 10. The van der Waals surface area contributed by atoms with Gasteiger partial charge in [0.25, 0.3) is 0 Å². The summed E-state index contributed by atoms with van der Waals surface area (Å²) in [5.74, 6) is 1.37. The number of carbonyl (C=O) groups excluding carboxylic acids is 1. The maximum Gasteiger partial charge on any atom is 0.159 e. The quantitative estimate of drug-likeness (QED) is 0.423. The molecule has 1 aliphatic heterocycles. The number of nitrogens with zero attached hydrogens (tertiary/aromatic N) is 1. The van der Waals surface area contributed by atoms with Gasteiger partial charge in [0.2, 0.25) is 0 Å². The van der Waals surface area contributed by atoms with Crippen LogP contribution in [0.15, 0.2) is 65.1 Å². The number of hydrogen-bond acceptors (Lipinski definition) is 7. The fourth-order valence-electron chi connectivity index (χ4n) is 4.16. The summed E-state index contributed by atoms with van der Waals surface area (Å²) in [5, 5.41) is 10.7. The van der Waals surface area contributed by atoms with Crippen LogP contribution >= 0.6 is 0 Å². The molecule has 7 nitrogen and oxygen atoms in total. The van der Waals surface area contributed by atoms with Crippen molar-refractivity contribution < 1.29 is 31.9 Å². The highest BCUT2D eigenvalue weighted by Crippen LogP contribution is 2.26. The Morgan fingerprint density at radius 3 is 2.66 bits per heavy atom. The van der Waals surface area contributed by atoms with Crippen molar-refractivity contribution in [3.05, 3.63) is 77.8 Å². The first-order valence-corrected chi connectivity index (χ1v) is 13.2. The van der Waals surface area contributed by atoms with Crippen LogP contribution in [0.25, 0.3) is 11.3 Å². The summed E-state index contributed by atoms with van der Waals surface area (Å²) in [6, 6.07) is 16.0. The number of ether oxygens (including phenoxy) is 1. The molecule has 1 aliphatic rings. The zero-order valence-corrected chi connectivity index (χ0v) is 20.2. The first kappa shape index (κ1) is 25.1. The summed E-state index contributed by atoms with van der Waals surface area (Å²) in [7, 11) is -3.13. The number of furan rings is 1. The maximum absolute atomic E-state index is 13.2. The Hall–Kier alpha value is -3.01. The van der Waals surface area contributed by atoms with Gasteiger partial charge in [-0.15, -0.1) is 0 Å². The summed E-state index contributed by atoms with van der Waals surface area (Å²) in [4.78, 5) is 13.5. The molecular weight excluding hydrogens is 473 g/mol. The van der Waals surface area contributed by atoms with E-state index in [1.807, 2.05) is 4.90 Å². The van der Waals surface area contributed by atoms with E-state index in [-0.39, 0.29) is 42.3 Å². The van der Waals surface area contributed by atoms with Crippen LogP contribution in [0, 0.1) is 5.82 Å². The molecule has 9 heteroatoms. The zero-order chi connectivity index (χ0) is 25.0. The van der Waals surface area contributed by atoms with E-state index in [9.17, 15) is 22.7 Å². The molecule has 2 atom stereocenters. The van der Waals surface area contributed by atoms with Gasteiger partial charge in [-0.25, -0.2) is 12.8 Å². The SMILES string of the molecule is CC(=O)c1cccc(OCC(O)CN(Cc2ccc(-c3ccc(F)cc3)o2)C2CCS(=O)(=O)C2)c1. The van der Waals surface area contributed by atoms with Gasteiger partial charge in [0, 0.05) is 23.7 Å². The first-order chi connectivity index (χ1) is 16.7. The van der Waals surface area contributed by atoms with Crippen molar-refractivity contribution in [1.29, 1.82) is 0 Å². The predicted octanol–water partition coefficient (Wildman–Crippen LogP) is 3.72. The van der Waals surface area contributed by atoms with Crippen molar-refractivity contribution in [3.8, 4) is 17.1 Å². The zero-order valence-electron chi connectivity index (χ0n) is 19.4. The second-order valence-electron chi connectivity index (χ2n) is 8.81. The van der Waals surface area contributed by atoms with Crippen LogP contribution in [0.4, 0.5) is 4.39 Å². The minimum atomic E-state index is -3.13. The van der Waals surface area contributed by atoms with E-state index in [4.69, 9.17) is 9.15 Å². The third-order valence-electron chi connectivity index (χ3n) is 6.00. The van der Waals surface area contributed by atoms with E-state index < -0.39 is 15.9 Å². The van der Waals surface area contributed by atoms with E-state index >= 15 is 0 Å². The summed E-state index contributed by atoms with van der Waals surface area (Å²) < 4.78 is 49.1. The third-order valence-corrected chi connectivity index (χ3v) is 7.75. The second-order valence-corrected chi connectivity index (χ2v) is 11.0. The molecule has 0 radical (unpaired) electrons. The molecule has 186 valence electrons. The molecule has 35 heavy (non-hydrogen) atoms. The van der Waals surface area contributed by atoms with Crippen LogP contribution in [-0.4, -0.2) is 61.0 Å². The molecule has 2 aromatic carbocycles. The van der Waals surface area contributed by atoms with Crippen molar-refractivity contribution in [1.82, 2.24) is 4.90 Å². The number of hydrogen-bond donors (Lipinski definition) is 1. The molecule has 1 N–H and O–H groups in total. The van der Waals surface area contributed by atoms with Crippen molar-refractivity contribution >= 4 is 15.6 Å². The van der Waals surface area contributed by atoms with E-state index in [1.165, 1.54) is 19.1 Å². The van der Waals surface area contributed by atoms with Crippen molar-refractivity contribution in [3.63, 3.8) is 0 Å². The molecule has 3 aromatic rings. The minimum absolute atomic E-state index is 0.0175. The number of aliphatic hydroxyl groups is 1. The van der Waals surface area contributed by atoms with E-state index in [1.54, 1.807) is 48.5 Å². The monoisotopic (exact) mass is 501 g/mol. The van der Waals surface area contributed by atoms with Crippen LogP contribution in [-0.2, 0) is 16.4 Å². The second kappa shape index (κ2) is 10.7. The lowest BCUT2D eigenvalue weighted by atomic mass is 10.1. The molecular formula is C26H28FNO6S. The summed E-state index contributed by atoms with van der Waals surface area (Å²) in [5.41, 5.74) is 1.25. The van der Waals surface area contributed by atoms with Gasteiger partial charge in [-0.1, -0.05) is 12.1 Å². The number of aliphatic hydroxyl groups excluding tert-OH is 1. The lowest BCUT2D eigenvalue weighted by molar-refractivity contribution is 0.0498. The van der Waals surface area contributed by atoms with E-state index in [2.05, 4.69) is 0 Å². The van der Waals surface area contributed by atoms with Gasteiger partial charge in [0.1, 0.15) is 35.8 Å². The van der Waals surface area contributed by atoms with Gasteiger partial charge < -0.3 is 14.3 Å². The number of Topliss-reactive ketones (excluding diaryl/α,β-unsaturated/α-hetero) is 1. The topological polar surface area (TPSA) is 97.1 Å². The Bertz CT molecular complexity index is 1270. The van der Waals surface area contributed by atoms with E-state index in [0.717, 1.165) is 5.56 Å². The van der Waals surface area contributed by atoms with Gasteiger partial charge in [-0.05, 0) is 61.9 Å². The molecule has 1 saturated heterocycles. The van der Waals surface area contributed by atoms with Crippen LogP contribution < -0.4 is 4.74 Å². The minimum Gasteiger partial charge on any atom is -0.491 e. The van der Waals surface area contributed by atoms with Crippen LogP contribution in [0.1, 0.15) is 29.5 Å². The average Bonchev–Trinajstić information content (AvgIpc) is 3.44. The molecule has 0 amide bonds.